The van der Waals surface area contributed by atoms with E-state index in [0.29, 0.717) is 6.07 Å². The van der Waals surface area contributed by atoms with Crippen LogP contribution >= 0.6 is 0 Å². The van der Waals surface area contributed by atoms with E-state index in [1.165, 1.54) is 0 Å². The highest BCUT2D eigenvalue weighted by atomic mass is 19.3. The van der Waals surface area contributed by atoms with Crippen LogP contribution in [0.25, 0.3) is 0 Å². The Morgan fingerprint density at radius 1 is 1.14 bits per heavy atom. The Balaban J connectivity index is 3.37. The van der Waals surface area contributed by atoms with Gasteiger partial charge in [-0.15, -0.1) is 0 Å². The van der Waals surface area contributed by atoms with Crippen molar-refractivity contribution in [1.82, 2.24) is 0 Å². The summed E-state index contributed by atoms with van der Waals surface area (Å²) in [6.07, 6.45) is -3.23. The molecule has 0 aliphatic carbocycles. The van der Waals surface area contributed by atoms with Gasteiger partial charge in [0.05, 0.1) is 5.56 Å². The molecule has 7 heteroatoms. The zero-order valence-electron chi connectivity index (χ0n) is 6.72. The molecule has 1 aromatic rings. The van der Waals surface area contributed by atoms with Crippen LogP contribution in [0.3, 0.4) is 0 Å². The van der Waals surface area contributed by atoms with Gasteiger partial charge in [-0.3, -0.25) is 0 Å². The van der Waals surface area contributed by atoms with Crippen LogP contribution in [0.5, 0.6) is 0 Å². The molecule has 0 aliphatic rings. The van der Waals surface area contributed by atoms with Crippen LogP contribution in [-0.2, 0) is 0 Å². The lowest BCUT2D eigenvalue weighted by atomic mass is 9.77. The van der Waals surface area contributed by atoms with Crippen molar-refractivity contribution in [3.8, 4) is 0 Å². The molecular formula is C7H5BF4O2. The van der Waals surface area contributed by atoms with Crippen molar-refractivity contribution in [1.29, 1.82) is 0 Å². The highest BCUT2D eigenvalue weighted by molar-refractivity contribution is 6.59. The van der Waals surface area contributed by atoms with E-state index >= 15 is 0 Å². The van der Waals surface area contributed by atoms with E-state index in [1.807, 2.05) is 0 Å². The average molecular weight is 208 g/mol. The topological polar surface area (TPSA) is 40.5 Å². The molecule has 0 aliphatic heterocycles. The number of benzene rings is 1. The fourth-order valence-corrected chi connectivity index (χ4v) is 1.05. The maximum Gasteiger partial charge on any atom is 0.489 e. The monoisotopic (exact) mass is 208 g/mol. The van der Waals surface area contributed by atoms with Crippen molar-refractivity contribution < 1.29 is 27.6 Å². The van der Waals surface area contributed by atoms with E-state index in [9.17, 15) is 17.6 Å². The predicted molar refractivity (Wildman–Crippen MR) is 41.1 cm³/mol. The number of alkyl halides is 2. The zero-order chi connectivity index (χ0) is 10.9. The van der Waals surface area contributed by atoms with E-state index in [0.717, 1.165) is 0 Å². The quantitative estimate of drug-likeness (QED) is 0.551. The summed E-state index contributed by atoms with van der Waals surface area (Å²) in [5, 5.41) is 17.2. The van der Waals surface area contributed by atoms with E-state index in [4.69, 9.17) is 10.0 Å². The van der Waals surface area contributed by atoms with Crippen LogP contribution in [0.4, 0.5) is 17.6 Å². The standard InChI is InChI=1S/C7H5BF4O2/c9-3-1-4(8(13)14)6(7(11)12)5(10)2-3/h1-2,7,13-14H. The second-order valence-electron chi connectivity index (χ2n) is 2.56. The molecule has 1 rings (SSSR count). The van der Waals surface area contributed by atoms with Gasteiger partial charge in [-0.25, -0.2) is 17.6 Å². The lowest BCUT2D eigenvalue weighted by Gasteiger charge is -2.08. The summed E-state index contributed by atoms with van der Waals surface area (Å²) in [5.41, 5.74) is -2.06. The summed E-state index contributed by atoms with van der Waals surface area (Å²) in [7, 11) is -2.33. The summed E-state index contributed by atoms with van der Waals surface area (Å²) >= 11 is 0. The Labute approximate surface area is 76.9 Å². The van der Waals surface area contributed by atoms with Gasteiger partial charge in [0.15, 0.2) is 0 Å². The minimum atomic E-state index is -3.23. The molecule has 0 heterocycles. The third-order valence-electron chi connectivity index (χ3n) is 1.62. The number of rotatable bonds is 2. The van der Waals surface area contributed by atoms with Gasteiger partial charge in [0.1, 0.15) is 11.6 Å². The minimum absolute atomic E-state index is 0.257. The van der Waals surface area contributed by atoms with Gasteiger partial charge in [-0.1, -0.05) is 0 Å². The second-order valence-corrected chi connectivity index (χ2v) is 2.56. The molecule has 0 bridgehead atoms. The van der Waals surface area contributed by atoms with Gasteiger partial charge >= 0.3 is 7.12 Å². The average Bonchev–Trinajstić information content (AvgIpc) is 2.01. The lowest BCUT2D eigenvalue weighted by Crippen LogP contribution is -2.34. The molecule has 2 N–H and O–H groups in total. The van der Waals surface area contributed by atoms with Gasteiger partial charge in [0, 0.05) is 6.07 Å². The molecule has 0 saturated heterocycles. The number of halogens is 4. The number of hydrogen-bond donors (Lipinski definition) is 2. The van der Waals surface area contributed by atoms with E-state index in [2.05, 4.69) is 0 Å². The summed E-state index contributed by atoms with van der Waals surface area (Å²) in [4.78, 5) is 0. The maximum absolute atomic E-state index is 12.8. The second kappa shape index (κ2) is 3.97. The third-order valence-corrected chi connectivity index (χ3v) is 1.62. The largest absolute Gasteiger partial charge is 0.489 e. The fourth-order valence-electron chi connectivity index (χ4n) is 1.05. The first-order valence-electron chi connectivity index (χ1n) is 3.56. The molecule has 2 nitrogen and oxygen atoms in total. The molecule has 0 spiro atoms. The molecular weight excluding hydrogens is 203 g/mol. The molecule has 0 atom stereocenters. The van der Waals surface area contributed by atoms with Crippen molar-refractivity contribution >= 4 is 12.6 Å². The van der Waals surface area contributed by atoms with Gasteiger partial charge in [0.25, 0.3) is 6.43 Å². The van der Waals surface area contributed by atoms with Crippen LogP contribution in [0.15, 0.2) is 12.1 Å². The van der Waals surface area contributed by atoms with Gasteiger partial charge in [-0.05, 0) is 11.5 Å². The first-order chi connectivity index (χ1) is 6.43. The molecule has 0 unspecified atom stereocenters. The SMILES string of the molecule is OB(O)c1cc(F)cc(F)c1C(F)F. The van der Waals surface area contributed by atoms with Gasteiger partial charge in [-0.2, -0.15) is 0 Å². The highest BCUT2D eigenvalue weighted by Gasteiger charge is 2.26. The van der Waals surface area contributed by atoms with Crippen molar-refractivity contribution in [3.63, 3.8) is 0 Å². The number of hydrogen-bond acceptors (Lipinski definition) is 2. The predicted octanol–water partition coefficient (Wildman–Crippen LogP) is 0.582. The summed E-state index contributed by atoms with van der Waals surface area (Å²) in [6, 6.07) is 0.711. The van der Waals surface area contributed by atoms with Gasteiger partial charge in [0.2, 0.25) is 0 Å². The fraction of sp³-hybridized carbons (Fsp3) is 0.143. The Morgan fingerprint density at radius 3 is 2.14 bits per heavy atom. The molecule has 14 heavy (non-hydrogen) atoms. The van der Waals surface area contributed by atoms with Crippen LogP contribution in [-0.4, -0.2) is 17.2 Å². The molecule has 0 saturated carbocycles. The highest BCUT2D eigenvalue weighted by Crippen LogP contribution is 2.21. The summed E-state index contributed by atoms with van der Waals surface area (Å²) in [6.45, 7) is 0. The molecule has 0 amide bonds. The van der Waals surface area contributed by atoms with Crippen molar-refractivity contribution in [2.75, 3.05) is 0 Å². The summed E-state index contributed by atoms with van der Waals surface area (Å²) in [5.74, 6) is -2.64. The minimum Gasteiger partial charge on any atom is -0.423 e. The normalized spacial score (nSPS) is 10.8. The molecule has 0 fully saturated rings. The Bertz CT molecular complexity index is 343. The summed E-state index contributed by atoms with van der Waals surface area (Å²) < 4.78 is 49.7. The van der Waals surface area contributed by atoms with Gasteiger partial charge < -0.3 is 10.0 Å². The third kappa shape index (κ3) is 2.05. The lowest BCUT2D eigenvalue weighted by molar-refractivity contribution is 0.147. The molecule has 1 aromatic carbocycles. The molecule has 0 radical (unpaired) electrons. The first-order valence-corrected chi connectivity index (χ1v) is 3.56. The van der Waals surface area contributed by atoms with Crippen molar-refractivity contribution in [3.05, 3.63) is 29.3 Å². The zero-order valence-corrected chi connectivity index (χ0v) is 6.72. The first kappa shape index (κ1) is 11.0. The Hall–Kier alpha value is -1.08. The van der Waals surface area contributed by atoms with E-state index in [1.54, 1.807) is 0 Å². The van der Waals surface area contributed by atoms with Crippen molar-refractivity contribution in [2.24, 2.45) is 0 Å². The Kier molecular flexibility index (Phi) is 3.12. The molecule has 76 valence electrons. The van der Waals surface area contributed by atoms with Crippen LogP contribution < -0.4 is 5.46 Å². The van der Waals surface area contributed by atoms with E-state index < -0.39 is 36.2 Å². The van der Waals surface area contributed by atoms with Crippen LogP contribution in [0.1, 0.15) is 12.0 Å². The molecule has 0 aromatic heterocycles. The van der Waals surface area contributed by atoms with Crippen molar-refractivity contribution in [2.45, 2.75) is 6.43 Å². The van der Waals surface area contributed by atoms with Crippen LogP contribution in [0.2, 0.25) is 0 Å². The maximum atomic E-state index is 12.8. The van der Waals surface area contributed by atoms with Crippen LogP contribution in [0, 0.1) is 11.6 Å². The Morgan fingerprint density at radius 2 is 1.71 bits per heavy atom. The van der Waals surface area contributed by atoms with E-state index in [-0.39, 0.29) is 6.07 Å². The smallest absolute Gasteiger partial charge is 0.423 e.